The van der Waals surface area contributed by atoms with Crippen molar-refractivity contribution in [1.29, 1.82) is 5.41 Å². The summed E-state index contributed by atoms with van der Waals surface area (Å²) in [4.78, 5) is 25.0. The predicted octanol–water partition coefficient (Wildman–Crippen LogP) is 1.10. The van der Waals surface area contributed by atoms with E-state index < -0.39 is 11.6 Å². The quantitative estimate of drug-likeness (QED) is 0.801. The Morgan fingerprint density at radius 1 is 1.59 bits per heavy atom. The molecular weight excluding hydrogens is 284 g/mol. The number of carbonyl (C=O) groups excluding carboxylic acids is 2. The number of guanidine groups is 1. The normalized spacial score (nSPS) is 21.0. The fraction of sp³-hybridized carbons (Fsp3) is 0.400. The van der Waals surface area contributed by atoms with Gasteiger partial charge in [-0.3, -0.25) is 19.7 Å². The van der Waals surface area contributed by atoms with Crippen LogP contribution in [0.2, 0.25) is 0 Å². The zero-order valence-electron chi connectivity index (χ0n) is 12.8. The highest BCUT2D eigenvalue weighted by molar-refractivity contribution is 5.98. The van der Waals surface area contributed by atoms with Gasteiger partial charge in [0.25, 0.3) is 0 Å². The van der Waals surface area contributed by atoms with Gasteiger partial charge in [0, 0.05) is 19.4 Å². The molecule has 0 radical (unpaired) electrons. The lowest BCUT2D eigenvalue weighted by molar-refractivity contribution is -0.129. The minimum atomic E-state index is -0.727. The van der Waals surface area contributed by atoms with Crippen LogP contribution in [0.15, 0.2) is 18.5 Å². The van der Waals surface area contributed by atoms with E-state index in [4.69, 9.17) is 10.1 Å². The maximum Gasteiger partial charge on any atom is 0.418 e. The first kappa shape index (κ1) is 15.6. The van der Waals surface area contributed by atoms with E-state index in [1.807, 2.05) is 6.92 Å². The Bertz CT molecular complexity index is 662. The van der Waals surface area contributed by atoms with Crippen LogP contribution in [0.5, 0.6) is 0 Å². The molecule has 2 rings (SSSR count). The molecule has 1 aliphatic heterocycles. The number of amides is 1. The fourth-order valence-electron chi connectivity index (χ4n) is 2.19. The molecule has 7 nitrogen and oxygen atoms in total. The molecule has 0 aliphatic carbocycles. The topological polar surface area (TPSA) is 87.4 Å². The maximum absolute atomic E-state index is 11.9. The Labute approximate surface area is 128 Å². The highest BCUT2D eigenvalue weighted by atomic mass is 16.5. The lowest BCUT2D eigenvalue weighted by atomic mass is 9.88. The summed E-state index contributed by atoms with van der Waals surface area (Å²) in [5.41, 5.74) is 0.00679. The Hall–Kier alpha value is -2.75. The summed E-state index contributed by atoms with van der Waals surface area (Å²) in [6, 6.07) is 1.73. The number of nitrogens with zero attached hydrogens (tertiary/aromatic N) is 2. The second-order valence-corrected chi connectivity index (χ2v) is 5.22. The van der Waals surface area contributed by atoms with Gasteiger partial charge in [-0.05, 0) is 25.5 Å². The molecule has 0 aromatic carbocycles. The van der Waals surface area contributed by atoms with E-state index in [9.17, 15) is 9.59 Å². The molecule has 0 spiro atoms. The van der Waals surface area contributed by atoms with Crippen LogP contribution in [0, 0.1) is 17.3 Å². The summed E-state index contributed by atoms with van der Waals surface area (Å²) in [5, 5.41) is 10.8. The molecule has 0 unspecified atom stereocenters. The van der Waals surface area contributed by atoms with Crippen LogP contribution >= 0.6 is 0 Å². The van der Waals surface area contributed by atoms with Gasteiger partial charge in [0.05, 0.1) is 12.0 Å². The Morgan fingerprint density at radius 2 is 2.32 bits per heavy atom. The lowest BCUT2D eigenvalue weighted by Gasteiger charge is -2.38. The highest BCUT2D eigenvalue weighted by Gasteiger charge is 2.38. The van der Waals surface area contributed by atoms with Crippen LogP contribution in [0.25, 0.3) is 0 Å². The second-order valence-electron chi connectivity index (χ2n) is 5.22. The number of hydrogen-bond acceptors (Lipinski definition) is 4. The number of hydrogen-bond donors (Lipinski definition) is 2. The first-order chi connectivity index (χ1) is 10.4. The first-order valence-electron chi connectivity index (χ1n) is 6.76. The van der Waals surface area contributed by atoms with E-state index in [-0.39, 0.29) is 24.9 Å². The smallest absolute Gasteiger partial charge is 0.418 e. The molecule has 1 fully saturated rings. The summed E-state index contributed by atoms with van der Waals surface area (Å²) >= 11 is 0. The number of carbonyl (C=O) groups is 2. The van der Waals surface area contributed by atoms with E-state index in [2.05, 4.69) is 17.2 Å². The van der Waals surface area contributed by atoms with Gasteiger partial charge < -0.3 is 10.1 Å². The van der Waals surface area contributed by atoms with Crippen LogP contribution in [0.3, 0.4) is 0 Å². The molecule has 22 heavy (non-hydrogen) atoms. The van der Waals surface area contributed by atoms with Gasteiger partial charge in [-0.2, -0.15) is 0 Å². The molecule has 0 bridgehead atoms. The number of aromatic nitrogens is 1. The minimum absolute atomic E-state index is 0.0340. The summed E-state index contributed by atoms with van der Waals surface area (Å²) in [6.07, 6.45) is 2.83. The average Bonchev–Trinajstić information content (AvgIpc) is 2.95. The number of rotatable bonds is 2. The van der Waals surface area contributed by atoms with Gasteiger partial charge in [-0.15, -0.1) is 5.92 Å². The number of ether oxygens (including phenoxy) is 1. The summed E-state index contributed by atoms with van der Waals surface area (Å²) in [6.45, 7) is 3.52. The zero-order valence-corrected chi connectivity index (χ0v) is 12.8. The van der Waals surface area contributed by atoms with Gasteiger partial charge in [-0.25, -0.2) is 4.79 Å². The highest BCUT2D eigenvalue weighted by Crippen LogP contribution is 2.28. The molecule has 1 saturated heterocycles. The molecule has 2 heterocycles. The van der Waals surface area contributed by atoms with Gasteiger partial charge in [0.15, 0.2) is 12.6 Å². The van der Waals surface area contributed by atoms with Crippen LogP contribution in [0.1, 0.15) is 25.8 Å². The van der Waals surface area contributed by atoms with Crippen LogP contribution in [-0.4, -0.2) is 41.1 Å². The third-order valence-corrected chi connectivity index (χ3v) is 3.59. The molecule has 2 N–H and O–H groups in total. The van der Waals surface area contributed by atoms with Crippen LogP contribution < -0.4 is 5.32 Å². The van der Waals surface area contributed by atoms with Crippen molar-refractivity contribution in [3.63, 3.8) is 0 Å². The van der Waals surface area contributed by atoms with Crippen LogP contribution in [-0.2, 0) is 15.1 Å². The molecule has 7 heteroatoms. The summed E-state index contributed by atoms with van der Waals surface area (Å²) in [5.74, 6) is 5.17. The van der Waals surface area contributed by atoms with Crippen molar-refractivity contribution in [3.8, 4) is 11.8 Å². The monoisotopic (exact) mass is 302 g/mol. The van der Waals surface area contributed by atoms with E-state index in [0.717, 1.165) is 5.56 Å². The largest absolute Gasteiger partial charge is 0.436 e. The zero-order chi connectivity index (χ0) is 16.3. The first-order valence-corrected chi connectivity index (χ1v) is 6.76. The molecule has 0 saturated carbocycles. The molecule has 1 aromatic rings. The fourth-order valence-corrected chi connectivity index (χ4v) is 2.19. The standard InChI is InChI=1S/C15H18N4O3/c1-4-5-8-22-14(21)19-7-6-11(10-19)15(2)9-12(20)18(3)13(16)17-15/h6-7,10H,8-9H2,1-3H3,(H2,16,17)/t15-/m0/s1. The van der Waals surface area contributed by atoms with Crippen molar-refractivity contribution >= 4 is 18.0 Å². The van der Waals surface area contributed by atoms with Crippen molar-refractivity contribution in [2.75, 3.05) is 13.7 Å². The van der Waals surface area contributed by atoms with Gasteiger partial charge >= 0.3 is 6.09 Å². The molecule has 1 atom stereocenters. The van der Waals surface area contributed by atoms with E-state index >= 15 is 0 Å². The Kier molecular flexibility index (Phi) is 4.22. The SMILES string of the molecule is CC#CCOC(=O)n1ccc([C@]2(C)CC(=O)N(C)C(=N)N2)c1. The maximum atomic E-state index is 11.9. The van der Waals surface area contributed by atoms with E-state index in [1.165, 1.54) is 9.47 Å². The van der Waals surface area contributed by atoms with Crippen molar-refractivity contribution in [3.05, 3.63) is 24.0 Å². The second kappa shape index (κ2) is 5.93. The Balaban J connectivity index is 2.16. The third-order valence-electron chi connectivity index (χ3n) is 3.59. The number of nitrogens with one attached hydrogen (secondary N) is 2. The van der Waals surface area contributed by atoms with Crippen molar-refractivity contribution in [1.82, 2.24) is 14.8 Å². The molecule has 1 aliphatic rings. The van der Waals surface area contributed by atoms with Crippen molar-refractivity contribution in [2.24, 2.45) is 0 Å². The predicted molar refractivity (Wildman–Crippen MR) is 80.2 cm³/mol. The van der Waals surface area contributed by atoms with Crippen molar-refractivity contribution in [2.45, 2.75) is 25.8 Å². The lowest BCUT2D eigenvalue weighted by Crippen LogP contribution is -2.58. The molecule has 116 valence electrons. The van der Waals surface area contributed by atoms with Crippen molar-refractivity contribution < 1.29 is 14.3 Å². The van der Waals surface area contributed by atoms with Crippen LogP contribution in [0.4, 0.5) is 4.79 Å². The van der Waals surface area contributed by atoms with E-state index in [1.54, 1.807) is 32.4 Å². The summed E-state index contributed by atoms with van der Waals surface area (Å²) < 4.78 is 6.27. The Morgan fingerprint density at radius 3 is 2.95 bits per heavy atom. The third kappa shape index (κ3) is 2.96. The molecule has 1 aromatic heterocycles. The minimum Gasteiger partial charge on any atom is -0.436 e. The van der Waals surface area contributed by atoms with Gasteiger partial charge in [-0.1, -0.05) is 5.92 Å². The van der Waals surface area contributed by atoms with E-state index in [0.29, 0.717) is 0 Å². The summed E-state index contributed by atoms with van der Waals surface area (Å²) in [7, 11) is 1.55. The molecular formula is C15H18N4O3. The van der Waals surface area contributed by atoms with Gasteiger partial charge in [0.2, 0.25) is 5.91 Å². The van der Waals surface area contributed by atoms with Gasteiger partial charge in [0.1, 0.15) is 0 Å². The average molecular weight is 302 g/mol. The molecule has 1 amide bonds.